The molecule has 1 rings (SSSR count). The molecule has 0 radical (unpaired) electrons. The normalized spacial score (nSPS) is 15.6. The van der Waals surface area contributed by atoms with Gasteiger partial charge >= 0.3 is 0 Å². The van der Waals surface area contributed by atoms with Crippen molar-refractivity contribution in [1.29, 1.82) is 0 Å². The average Bonchev–Trinajstić information content (AvgIpc) is 2.74. The van der Waals surface area contributed by atoms with Crippen LogP contribution >= 0.6 is 11.3 Å². The van der Waals surface area contributed by atoms with Crippen LogP contribution in [0.5, 0.6) is 0 Å². The first-order chi connectivity index (χ1) is 8.38. The zero-order valence-corrected chi connectivity index (χ0v) is 13.2. The quantitative estimate of drug-likeness (QED) is 0.837. The number of likely N-dealkylation sites (N-methyl/N-ethyl adjacent to an activating group) is 1. The highest BCUT2D eigenvalue weighted by atomic mass is 32.2. The van der Waals surface area contributed by atoms with Crippen molar-refractivity contribution in [3.8, 4) is 0 Å². The summed E-state index contributed by atoms with van der Waals surface area (Å²) in [4.78, 5) is 2.61. The molecule has 2 unspecified atom stereocenters. The minimum Gasteiger partial charge on any atom is -0.313 e. The zero-order chi connectivity index (χ0) is 13.8. The Morgan fingerprint density at radius 1 is 1.28 bits per heavy atom. The standard InChI is InChI=1S/C13H23NO2S2/c1-5-11-7-8-12(17-11)9-13(14-6-2)10(3)18(4,15)16/h7-8,10,13-14H,5-6,9H2,1-4H3. The van der Waals surface area contributed by atoms with Gasteiger partial charge < -0.3 is 5.32 Å². The van der Waals surface area contributed by atoms with Gasteiger partial charge in [-0.2, -0.15) is 0 Å². The largest absolute Gasteiger partial charge is 0.313 e. The highest BCUT2D eigenvalue weighted by Gasteiger charge is 2.25. The Hall–Kier alpha value is -0.390. The van der Waals surface area contributed by atoms with Gasteiger partial charge in [0.25, 0.3) is 0 Å². The maximum atomic E-state index is 11.7. The molecule has 1 aromatic heterocycles. The monoisotopic (exact) mass is 289 g/mol. The van der Waals surface area contributed by atoms with E-state index in [-0.39, 0.29) is 11.3 Å². The highest BCUT2D eigenvalue weighted by Crippen LogP contribution is 2.20. The molecule has 0 amide bonds. The van der Waals surface area contributed by atoms with E-state index >= 15 is 0 Å². The topological polar surface area (TPSA) is 46.2 Å². The van der Waals surface area contributed by atoms with Gasteiger partial charge in [-0.1, -0.05) is 13.8 Å². The van der Waals surface area contributed by atoms with Crippen LogP contribution in [0.1, 0.15) is 30.5 Å². The smallest absolute Gasteiger partial charge is 0.151 e. The van der Waals surface area contributed by atoms with Gasteiger partial charge in [-0.3, -0.25) is 0 Å². The van der Waals surface area contributed by atoms with Gasteiger partial charge in [-0.05, 0) is 38.4 Å². The van der Waals surface area contributed by atoms with E-state index in [1.807, 2.05) is 6.92 Å². The van der Waals surface area contributed by atoms with E-state index in [2.05, 4.69) is 24.4 Å². The zero-order valence-electron chi connectivity index (χ0n) is 11.6. The van der Waals surface area contributed by atoms with E-state index in [0.717, 1.165) is 19.4 Å². The third-order valence-corrected chi connectivity index (χ3v) is 6.13. The van der Waals surface area contributed by atoms with Crippen molar-refractivity contribution in [2.75, 3.05) is 12.8 Å². The van der Waals surface area contributed by atoms with Gasteiger partial charge in [0.2, 0.25) is 0 Å². The Morgan fingerprint density at radius 3 is 2.33 bits per heavy atom. The molecule has 104 valence electrons. The van der Waals surface area contributed by atoms with Crippen LogP contribution in [0.4, 0.5) is 0 Å². The summed E-state index contributed by atoms with van der Waals surface area (Å²) in [5, 5.41) is 2.94. The van der Waals surface area contributed by atoms with Crippen LogP contribution in [0.2, 0.25) is 0 Å². The van der Waals surface area contributed by atoms with Crippen LogP contribution in [0.25, 0.3) is 0 Å². The predicted octanol–water partition coefficient (Wildman–Crippen LogP) is 2.26. The number of sulfone groups is 1. The lowest BCUT2D eigenvalue weighted by Crippen LogP contribution is -2.43. The third-order valence-electron chi connectivity index (χ3n) is 3.20. The van der Waals surface area contributed by atoms with Gasteiger partial charge in [0.15, 0.2) is 9.84 Å². The first-order valence-corrected chi connectivity index (χ1v) is 9.15. The predicted molar refractivity (Wildman–Crippen MR) is 79.2 cm³/mol. The molecular weight excluding hydrogens is 266 g/mol. The lowest BCUT2D eigenvalue weighted by Gasteiger charge is -2.23. The molecule has 1 heterocycles. The van der Waals surface area contributed by atoms with Crippen LogP contribution in [0.3, 0.4) is 0 Å². The van der Waals surface area contributed by atoms with Crippen LogP contribution in [0.15, 0.2) is 12.1 Å². The molecule has 18 heavy (non-hydrogen) atoms. The summed E-state index contributed by atoms with van der Waals surface area (Å²) in [5.41, 5.74) is 0. The molecule has 2 atom stereocenters. The molecule has 0 bridgehead atoms. The number of rotatable bonds is 7. The Morgan fingerprint density at radius 2 is 1.89 bits per heavy atom. The first kappa shape index (κ1) is 15.7. The molecule has 0 aromatic carbocycles. The van der Waals surface area contributed by atoms with Crippen molar-refractivity contribution in [3.05, 3.63) is 21.9 Å². The fraction of sp³-hybridized carbons (Fsp3) is 0.692. The Balaban J connectivity index is 2.80. The number of hydrogen-bond donors (Lipinski definition) is 1. The minimum atomic E-state index is -3.00. The molecule has 0 aliphatic rings. The molecule has 1 aromatic rings. The fourth-order valence-electron chi connectivity index (χ4n) is 1.90. The first-order valence-electron chi connectivity index (χ1n) is 6.38. The summed E-state index contributed by atoms with van der Waals surface area (Å²) in [7, 11) is -3.00. The minimum absolute atomic E-state index is 0.00615. The SMILES string of the molecule is CCNC(Cc1ccc(CC)s1)C(C)S(C)(=O)=O. The van der Waals surface area contributed by atoms with Crippen molar-refractivity contribution in [2.24, 2.45) is 0 Å². The summed E-state index contributed by atoms with van der Waals surface area (Å²) < 4.78 is 23.3. The van der Waals surface area contributed by atoms with Crippen molar-refractivity contribution < 1.29 is 8.42 Å². The van der Waals surface area contributed by atoms with Gasteiger partial charge in [-0.15, -0.1) is 11.3 Å². The number of nitrogens with one attached hydrogen (secondary N) is 1. The maximum absolute atomic E-state index is 11.7. The van der Waals surface area contributed by atoms with Crippen molar-refractivity contribution in [2.45, 2.75) is 44.9 Å². The van der Waals surface area contributed by atoms with Crippen molar-refractivity contribution >= 4 is 21.2 Å². The van der Waals surface area contributed by atoms with Crippen LogP contribution in [0, 0.1) is 0 Å². The molecule has 0 saturated carbocycles. The number of hydrogen-bond acceptors (Lipinski definition) is 4. The highest BCUT2D eigenvalue weighted by molar-refractivity contribution is 7.91. The van der Waals surface area contributed by atoms with E-state index in [1.54, 1.807) is 18.3 Å². The molecule has 0 aliphatic heterocycles. The van der Waals surface area contributed by atoms with E-state index in [9.17, 15) is 8.42 Å². The summed E-state index contributed by atoms with van der Waals surface area (Å²) in [6.45, 7) is 6.72. The summed E-state index contributed by atoms with van der Waals surface area (Å²) in [5.74, 6) is 0. The molecule has 1 N–H and O–H groups in total. The molecular formula is C13H23NO2S2. The number of aryl methyl sites for hydroxylation is 1. The van der Waals surface area contributed by atoms with Crippen LogP contribution in [-0.2, 0) is 22.7 Å². The lowest BCUT2D eigenvalue weighted by molar-refractivity contribution is 0.496. The van der Waals surface area contributed by atoms with E-state index in [4.69, 9.17) is 0 Å². The molecule has 0 saturated heterocycles. The van der Waals surface area contributed by atoms with E-state index < -0.39 is 9.84 Å². The second-order valence-corrected chi connectivity index (χ2v) is 8.28. The average molecular weight is 289 g/mol. The lowest BCUT2D eigenvalue weighted by atomic mass is 10.1. The van der Waals surface area contributed by atoms with E-state index in [0.29, 0.717) is 0 Å². The van der Waals surface area contributed by atoms with Crippen molar-refractivity contribution in [1.82, 2.24) is 5.32 Å². The molecule has 0 spiro atoms. The van der Waals surface area contributed by atoms with Crippen molar-refractivity contribution in [3.63, 3.8) is 0 Å². The molecule has 5 heteroatoms. The maximum Gasteiger partial charge on any atom is 0.151 e. The van der Waals surface area contributed by atoms with Gasteiger partial charge in [0.1, 0.15) is 0 Å². The molecule has 3 nitrogen and oxygen atoms in total. The second kappa shape index (κ2) is 6.68. The Kier molecular flexibility index (Phi) is 5.82. The summed E-state index contributed by atoms with van der Waals surface area (Å²) in [6, 6.07) is 4.24. The van der Waals surface area contributed by atoms with Crippen LogP contribution < -0.4 is 5.32 Å². The second-order valence-electron chi connectivity index (χ2n) is 4.62. The molecule has 0 fully saturated rings. The molecule has 0 aliphatic carbocycles. The third kappa shape index (κ3) is 4.37. The number of thiophene rings is 1. The van der Waals surface area contributed by atoms with E-state index in [1.165, 1.54) is 16.0 Å². The summed E-state index contributed by atoms with van der Waals surface area (Å²) in [6.07, 6.45) is 3.14. The van der Waals surface area contributed by atoms with Gasteiger partial charge in [0, 0.05) is 22.1 Å². The Bertz CT molecular complexity index is 465. The van der Waals surface area contributed by atoms with Gasteiger partial charge in [0.05, 0.1) is 5.25 Å². The fourth-order valence-corrected chi connectivity index (χ4v) is 3.71. The van der Waals surface area contributed by atoms with Gasteiger partial charge in [-0.25, -0.2) is 8.42 Å². The summed E-state index contributed by atoms with van der Waals surface area (Å²) >= 11 is 1.78. The Labute approximate surface area is 115 Å². The van der Waals surface area contributed by atoms with Crippen LogP contribution in [-0.4, -0.2) is 32.5 Å².